The Bertz CT molecular complexity index is 629. The number of anilines is 1. The molecule has 6 heteroatoms. The van der Waals surface area contributed by atoms with Crippen LogP contribution in [-0.4, -0.2) is 42.5 Å². The van der Waals surface area contributed by atoms with Crippen molar-refractivity contribution in [3.05, 3.63) is 29.8 Å². The Balaban J connectivity index is 2.11. The number of rotatable bonds is 5. The van der Waals surface area contributed by atoms with Crippen LogP contribution in [0.4, 0.5) is 5.69 Å². The Labute approximate surface area is 138 Å². The van der Waals surface area contributed by atoms with Gasteiger partial charge in [0.15, 0.2) is 14.9 Å². The number of para-hydroxylation sites is 1. The van der Waals surface area contributed by atoms with E-state index in [1.165, 1.54) is 0 Å². The number of sulfone groups is 1. The van der Waals surface area contributed by atoms with Gasteiger partial charge in [0.2, 0.25) is 0 Å². The third-order valence-corrected chi connectivity index (χ3v) is 6.14. The van der Waals surface area contributed by atoms with Gasteiger partial charge in [0.1, 0.15) is 0 Å². The lowest BCUT2D eigenvalue weighted by Gasteiger charge is -2.31. The van der Waals surface area contributed by atoms with Gasteiger partial charge < -0.3 is 10.2 Å². The van der Waals surface area contributed by atoms with Crippen LogP contribution in [0.15, 0.2) is 24.3 Å². The highest BCUT2D eigenvalue weighted by Crippen LogP contribution is 2.21. The maximum absolute atomic E-state index is 11.8. The molecule has 0 unspecified atom stereocenters. The van der Waals surface area contributed by atoms with Crippen LogP contribution in [0.2, 0.25) is 0 Å². The third kappa shape index (κ3) is 4.43. The van der Waals surface area contributed by atoms with Crippen molar-refractivity contribution >= 4 is 32.9 Å². The number of unbranched alkanes of at least 4 members (excludes halogenated alkanes) is 1. The van der Waals surface area contributed by atoms with E-state index in [-0.39, 0.29) is 17.5 Å². The Kier molecular flexibility index (Phi) is 5.81. The average Bonchev–Trinajstić information content (AvgIpc) is 2.82. The molecule has 4 nitrogen and oxygen atoms in total. The number of nitrogens with one attached hydrogen (secondary N) is 1. The quantitative estimate of drug-likeness (QED) is 0.835. The smallest absolute Gasteiger partial charge is 0.173 e. The van der Waals surface area contributed by atoms with E-state index in [9.17, 15) is 8.42 Å². The van der Waals surface area contributed by atoms with Gasteiger partial charge in [-0.1, -0.05) is 31.5 Å². The maximum Gasteiger partial charge on any atom is 0.173 e. The fourth-order valence-corrected chi connectivity index (χ4v) is 4.78. The summed E-state index contributed by atoms with van der Waals surface area (Å²) in [4.78, 5) is 2.07. The Morgan fingerprint density at radius 1 is 1.41 bits per heavy atom. The summed E-state index contributed by atoms with van der Waals surface area (Å²) in [6.45, 7) is 4.96. The zero-order valence-electron chi connectivity index (χ0n) is 13.2. The molecular weight excluding hydrogens is 316 g/mol. The van der Waals surface area contributed by atoms with E-state index in [1.54, 1.807) is 0 Å². The van der Waals surface area contributed by atoms with Crippen molar-refractivity contribution in [1.82, 2.24) is 4.90 Å². The monoisotopic (exact) mass is 340 g/mol. The number of aryl methyl sites for hydroxylation is 1. The van der Waals surface area contributed by atoms with Crippen molar-refractivity contribution in [2.75, 3.05) is 23.4 Å². The van der Waals surface area contributed by atoms with Crippen LogP contribution in [0.3, 0.4) is 0 Å². The minimum absolute atomic E-state index is 0.000526. The molecule has 0 saturated carbocycles. The summed E-state index contributed by atoms with van der Waals surface area (Å²) >= 11 is 5.56. The number of hydrogen-bond acceptors (Lipinski definition) is 3. The summed E-state index contributed by atoms with van der Waals surface area (Å²) in [7, 11) is -2.91. The molecule has 0 aliphatic carbocycles. The van der Waals surface area contributed by atoms with Crippen molar-refractivity contribution < 1.29 is 8.42 Å². The Morgan fingerprint density at radius 2 is 2.14 bits per heavy atom. The molecule has 0 bridgehead atoms. The zero-order chi connectivity index (χ0) is 16.2. The number of thiocarbonyl (C=S) groups is 1. The molecule has 0 spiro atoms. The van der Waals surface area contributed by atoms with Gasteiger partial charge in [0.25, 0.3) is 0 Å². The SMILES string of the molecule is CCCCN(C(=S)Nc1ccccc1C)[C@@H]1CCS(=O)(=O)C1. The van der Waals surface area contributed by atoms with E-state index in [1.807, 2.05) is 31.2 Å². The van der Waals surface area contributed by atoms with Crippen molar-refractivity contribution in [2.45, 2.75) is 39.2 Å². The van der Waals surface area contributed by atoms with Crippen LogP contribution in [0.5, 0.6) is 0 Å². The van der Waals surface area contributed by atoms with Crippen LogP contribution in [0.1, 0.15) is 31.7 Å². The molecule has 2 rings (SSSR count). The molecule has 1 aromatic carbocycles. The fraction of sp³-hybridized carbons (Fsp3) is 0.562. The zero-order valence-corrected chi connectivity index (χ0v) is 14.8. The maximum atomic E-state index is 11.8. The average molecular weight is 341 g/mol. The first-order valence-electron chi connectivity index (χ1n) is 7.76. The second kappa shape index (κ2) is 7.42. The molecule has 1 fully saturated rings. The number of hydrogen-bond donors (Lipinski definition) is 1. The largest absolute Gasteiger partial charge is 0.345 e. The molecule has 1 saturated heterocycles. The van der Waals surface area contributed by atoms with E-state index in [2.05, 4.69) is 17.1 Å². The molecule has 22 heavy (non-hydrogen) atoms. The highest BCUT2D eigenvalue weighted by molar-refractivity contribution is 7.91. The molecule has 0 aromatic heterocycles. The van der Waals surface area contributed by atoms with Crippen molar-refractivity contribution in [3.63, 3.8) is 0 Å². The summed E-state index contributed by atoms with van der Waals surface area (Å²) in [5, 5.41) is 3.92. The van der Waals surface area contributed by atoms with E-state index < -0.39 is 9.84 Å². The van der Waals surface area contributed by atoms with Gasteiger partial charge in [-0.3, -0.25) is 0 Å². The molecule has 1 atom stereocenters. The number of benzene rings is 1. The van der Waals surface area contributed by atoms with Crippen molar-refractivity contribution in [2.24, 2.45) is 0 Å². The summed E-state index contributed by atoms with van der Waals surface area (Å²) < 4.78 is 23.5. The molecule has 1 aliphatic rings. The molecular formula is C16H24N2O2S2. The molecule has 122 valence electrons. The van der Waals surface area contributed by atoms with Crippen LogP contribution >= 0.6 is 12.2 Å². The van der Waals surface area contributed by atoms with E-state index in [4.69, 9.17) is 12.2 Å². The standard InChI is InChI=1S/C16H24N2O2S2/c1-3-4-10-18(14-9-11-22(19,20)12-14)16(21)17-15-8-6-5-7-13(15)2/h5-8,14H,3-4,9-12H2,1-2H3,(H,17,21)/t14-/m1/s1. The third-order valence-electron chi connectivity index (χ3n) is 4.05. The first kappa shape index (κ1) is 17.2. The van der Waals surface area contributed by atoms with Gasteiger partial charge in [-0.2, -0.15) is 0 Å². The van der Waals surface area contributed by atoms with Gasteiger partial charge in [-0.15, -0.1) is 0 Å². The highest BCUT2D eigenvalue weighted by Gasteiger charge is 2.33. The van der Waals surface area contributed by atoms with Gasteiger partial charge >= 0.3 is 0 Å². The minimum atomic E-state index is -2.91. The lowest BCUT2D eigenvalue weighted by atomic mass is 10.2. The van der Waals surface area contributed by atoms with Crippen LogP contribution in [0, 0.1) is 6.92 Å². The molecule has 1 N–H and O–H groups in total. The normalized spacial score (nSPS) is 19.8. The predicted octanol–water partition coefficient (Wildman–Crippen LogP) is 2.98. The molecule has 1 heterocycles. The predicted molar refractivity (Wildman–Crippen MR) is 96.1 cm³/mol. The summed E-state index contributed by atoms with van der Waals surface area (Å²) in [6.07, 6.45) is 2.73. The lowest BCUT2D eigenvalue weighted by molar-refractivity contribution is 0.333. The lowest BCUT2D eigenvalue weighted by Crippen LogP contribution is -2.44. The van der Waals surface area contributed by atoms with Gasteiger partial charge in [0.05, 0.1) is 11.5 Å². The van der Waals surface area contributed by atoms with Crippen LogP contribution in [0.25, 0.3) is 0 Å². The summed E-state index contributed by atoms with van der Waals surface area (Å²) in [6, 6.07) is 7.98. The van der Waals surface area contributed by atoms with Crippen molar-refractivity contribution in [1.29, 1.82) is 0 Å². The second-order valence-electron chi connectivity index (χ2n) is 5.85. The molecule has 1 aliphatic heterocycles. The molecule has 1 aromatic rings. The van der Waals surface area contributed by atoms with Gasteiger partial charge in [-0.05, 0) is 43.6 Å². The van der Waals surface area contributed by atoms with Crippen LogP contribution < -0.4 is 5.32 Å². The Morgan fingerprint density at radius 3 is 2.73 bits per heavy atom. The number of nitrogens with zero attached hydrogens (tertiary/aromatic N) is 1. The van der Waals surface area contributed by atoms with Gasteiger partial charge in [-0.25, -0.2) is 8.42 Å². The fourth-order valence-electron chi connectivity index (χ4n) is 2.70. The Hall–Kier alpha value is -1.14. The van der Waals surface area contributed by atoms with Gasteiger partial charge in [0, 0.05) is 18.3 Å². The first-order valence-corrected chi connectivity index (χ1v) is 9.99. The summed E-state index contributed by atoms with van der Waals surface area (Å²) in [5.74, 6) is 0.486. The van der Waals surface area contributed by atoms with E-state index in [0.717, 1.165) is 30.6 Å². The van der Waals surface area contributed by atoms with E-state index >= 15 is 0 Å². The second-order valence-corrected chi connectivity index (χ2v) is 8.46. The van der Waals surface area contributed by atoms with Crippen molar-refractivity contribution in [3.8, 4) is 0 Å². The van der Waals surface area contributed by atoms with Crippen LogP contribution in [-0.2, 0) is 9.84 Å². The first-order chi connectivity index (χ1) is 10.4. The molecule has 0 radical (unpaired) electrons. The summed E-state index contributed by atoms with van der Waals surface area (Å²) in [5.41, 5.74) is 2.11. The highest BCUT2D eigenvalue weighted by atomic mass is 32.2. The minimum Gasteiger partial charge on any atom is -0.345 e. The molecule has 0 amide bonds. The van der Waals surface area contributed by atoms with E-state index in [0.29, 0.717) is 11.5 Å². The topological polar surface area (TPSA) is 49.4 Å².